The van der Waals surface area contributed by atoms with Gasteiger partial charge in [-0.2, -0.15) is 0 Å². The van der Waals surface area contributed by atoms with Gasteiger partial charge in [0.1, 0.15) is 30.3 Å². The normalized spacial score (nSPS) is 26.9. The fourth-order valence-corrected chi connectivity index (χ4v) is 5.22. The van der Waals surface area contributed by atoms with Crippen LogP contribution in [0.3, 0.4) is 0 Å². The van der Waals surface area contributed by atoms with Crippen molar-refractivity contribution in [2.24, 2.45) is 5.16 Å². The van der Waals surface area contributed by atoms with Gasteiger partial charge in [0.2, 0.25) is 5.91 Å². The quantitative estimate of drug-likeness (QED) is 0.347. The predicted octanol–water partition coefficient (Wildman–Crippen LogP) is -0.292. The number of thiazole rings is 1. The summed E-state index contributed by atoms with van der Waals surface area (Å²) in [5, 5.41) is 17.0. The molecule has 3 atom stereocenters. The Morgan fingerprint density at radius 3 is 2.73 bits per heavy atom. The lowest BCUT2D eigenvalue weighted by Crippen LogP contribution is -2.71. The third-order valence-electron chi connectivity index (χ3n) is 4.12. The number of carboxylic acids is 1. The Morgan fingerprint density at radius 1 is 1.50 bits per heavy atom. The van der Waals surface area contributed by atoms with Crippen LogP contribution in [0.1, 0.15) is 19.5 Å². The molecule has 3 heterocycles. The van der Waals surface area contributed by atoms with Crippen LogP contribution < -0.4 is 11.1 Å². The summed E-state index contributed by atoms with van der Waals surface area (Å²) >= 11 is 2.48. The molecule has 2 amide bonds. The number of fused-ring (bicyclic) bond motifs is 1. The molecule has 0 saturated carbocycles. The van der Waals surface area contributed by atoms with E-state index in [1.807, 2.05) is 0 Å². The van der Waals surface area contributed by atoms with Crippen molar-refractivity contribution in [2.45, 2.75) is 36.1 Å². The van der Waals surface area contributed by atoms with Gasteiger partial charge in [-0.05, 0) is 13.8 Å². The summed E-state index contributed by atoms with van der Waals surface area (Å²) < 4.78 is -0.668. The molecule has 10 nitrogen and oxygen atoms in total. The molecule has 26 heavy (non-hydrogen) atoms. The number of nitrogen functional groups attached to an aromatic ring is 1. The third kappa shape index (κ3) is 2.88. The van der Waals surface area contributed by atoms with Crippen LogP contribution >= 0.6 is 23.1 Å². The van der Waals surface area contributed by atoms with E-state index in [2.05, 4.69) is 20.3 Å². The highest BCUT2D eigenvalue weighted by Crippen LogP contribution is 2.50. The highest BCUT2D eigenvalue weighted by molar-refractivity contribution is 8.01. The lowest BCUT2D eigenvalue weighted by Gasteiger charge is -2.43. The molecule has 12 heteroatoms. The Morgan fingerprint density at radius 2 is 2.19 bits per heavy atom. The second-order valence-electron chi connectivity index (χ2n) is 6.24. The maximum Gasteiger partial charge on any atom is 0.327 e. The number of rotatable bonds is 5. The number of aromatic nitrogens is 1. The monoisotopic (exact) mass is 399 g/mol. The zero-order valence-electron chi connectivity index (χ0n) is 14.1. The molecular formula is C14H17N5O5S2. The number of anilines is 1. The zero-order chi connectivity index (χ0) is 19.2. The highest BCUT2D eigenvalue weighted by Gasteiger charge is 2.64. The van der Waals surface area contributed by atoms with Crippen molar-refractivity contribution in [1.82, 2.24) is 15.2 Å². The zero-order valence-corrected chi connectivity index (χ0v) is 15.8. The molecule has 1 aromatic heterocycles. The minimum atomic E-state index is -1.07. The number of oxime groups is 1. The van der Waals surface area contributed by atoms with Gasteiger partial charge in [0.25, 0.3) is 5.91 Å². The van der Waals surface area contributed by atoms with E-state index < -0.39 is 40.0 Å². The van der Waals surface area contributed by atoms with Crippen LogP contribution in [0, 0.1) is 0 Å². The number of thioether (sulfide) groups is 1. The van der Waals surface area contributed by atoms with Crippen LogP contribution in [-0.4, -0.2) is 67.8 Å². The Kier molecular flexibility index (Phi) is 4.56. The first-order chi connectivity index (χ1) is 12.2. The fourth-order valence-electron chi connectivity index (χ4n) is 3.05. The van der Waals surface area contributed by atoms with E-state index >= 15 is 0 Å². The summed E-state index contributed by atoms with van der Waals surface area (Å²) in [4.78, 5) is 46.5. The van der Waals surface area contributed by atoms with Crippen molar-refractivity contribution in [3.63, 3.8) is 0 Å². The van der Waals surface area contributed by atoms with Crippen molar-refractivity contribution < 1.29 is 24.3 Å². The van der Waals surface area contributed by atoms with Gasteiger partial charge in [0.15, 0.2) is 10.8 Å². The number of β-lactam (4-membered cyclic amide) rings is 1. The molecule has 2 aliphatic rings. The minimum Gasteiger partial charge on any atom is -0.480 e. The molecule has 3 rings (SSSR count). The standard InChI is InChI=1S/C14H17N5O5S2/c1-14(2)8(12(22)23)19-10(21)7(11(19)26-14)17-9(20)6(18-24-3)5-4-25-13(15)16-5/h4,7-8,11H,1-3H3,(H2,15,16)(H,17,20)(H,22,23)/b18-6-/t7-,8?,11-/m1/s1. The molecule has 2 aliphatic heterocycles. The highest BCUT2D eigenvalue weighted by atomic mass is 32.2. The Hall–Kier alpha value is -2.34. The maximum atomic E-state index is 12.6. The van der Waals surface area contributed by atoms with Crippen LogP contribution in [-0.2, 0) is 19.2 Å². The van der Waals surface area contributed by atoms with E-state index in [4.69, 9.17) is 5.73 Å². The molecule has 4 N–H and O–H groups in total. The molecule has 1 aromatic rings. The van der Waals surface area contributed by atoms with Crippen molar-refractivity contribution in [2.75, 3.05) is 12.8 Å². The summed E-state index contributed by atoms with van der Waals surface area (Å²) in [6.45, 7) is 3.52. The number of nitrogens with two attached hydrogens (primary N) is 1. The molecular weight excluding hydrogens is 382 g/mol. The molecule has 0 aromatic carbocycles. The topological polar surface area (TPSA) is 147 Å². The fraction of sp³-hybridized carbons (Fsp3) is 0.500. The molecule has 0 radical (unpaired) electrons. The predicted molar refractivity (Wildman–Crippen MR) is 95.7 cm³/mol. The number of carboxylic acid groups (broad SMARTS) is 1. The third-order valence-corrected chi connectivity index (χ3v) is 6.37. The van der Waals surface area contributed by atoms with Gasteiger partial charge < -0.3 is 25.9 Å². The van der Waals surface area contributed by atoms with Gasteiger partial charge in [-0.25, -0.2) is 9.78 Å². The first-order valence-electron chi connectivity index (χ1n) is 7.53. The molecule has 2 fully saturated rings. The SMILES string of the molecule is CO/N=C(\C(=O)N[C@@H]1C(=O)N2C(C(=O)O)C(C)(C)S[C@H]12)c1csc(N)n1. The van der Waals surface area contributed by atoms with Crippen LogP contribution in [0.4, 0.5) is 5.13 Å². The van der Waals surface area contributed by atoms with Gasteiger partial charge in [0, 0.05) is 10.1 Å². The Labute approximate surface area is 156 Å². The van der Waals surface area contributed by atoms with Crippen LogP contribution in [0.15, 0.2) is 10.5 Å². The van der Waals surface area contributed by atoms with Crippen molar-refractivity contribution in [3.05, 3.63) is 11.1 Å². The van der Waals surface area contributed by atoms with E-state index in [0.717, 1.165) is 11.3 Å². The van der Waals surface area contributed by atoms with Crippen molar-refractivity contribution >= 4 is 51.7 Å². The largest absolute Gasteiger partial charge is 0.480 e. The van der Waals surface area contributed by atoms with Crippen LogP contribution in [0.2, 0.25) is 0 Å². The Bertz CT molecular complexity index is 807. The van der Waals surface area contributed by atoms with Crippen LogP contribution in [0.5, 0.6) is 0 Å². The molecule has 0 aliphatic carbocycles. The summed E-state index contributed by atoms with van der Waals surface area (Å²) in [6.07, 6.45) is 0. The van der Waals surface area contributed by atoms with E-state index in [0.29, 0.717) is 0 Å². The lowest BCUT2D eigenvalue weighted by molar-refractivity contribution is -0.160. The lowest BCUT2D eigenvalue weighted by atomic mass is 9.96. The summed E-state index contributed by atoms with van der Waals surface area (Å²) in [7, 11) is 1.28. The molecule has 0 bridgehead atoms. The van der Waals surface area contributed by atoms with Gasteiger partial charge >= 0.3 is 5.97 Å². The van der Waals surface area contributed by atoms with Gasteiger partial charge in [0.05, 0.1) is 0 Å². The maximum absolute atomic E-state index is 12.6. The number of carbonyl (C=O) groups excluding carboxylic acids is 2. The van der Waals surface area contributed by atoms with Gasteiger partial charge in [-0.15, -0.1) is 23.1 Å². The first-order valence-corrected chi connectivity index (χ1v) is 9.29. The number of hydrogen-bond acceptors (Lipinski definition) is 9. The number of aliphatic carboxylic acids is 1. The minimum absolute atomic E-state index is 0.108. The number of nitrogens with one attached hydrogen (secondary N) is 1. The molecule has 140 valence electrons. The van der Waals surface area contributed by atoms with E-state index in [-0.39, 0.29) is 16.5 Å². The second kappa shape index (κ2) is 6.43. The first kappa shape index (κ1) is 18.5. The smallest absolute Gasteiger partial charge is 0.327 e. The molecule has 2 saturated heterocycles. The van der Waals surface area contributed by atoms with E-state index in [1.165, 1.54) is 23.8 Å². The van der Waals surface area contributed by atoms with E-state index in [9.17, 15) is 19.5 Å². The number of amides is 2. The van der Waals surface area contributed by atoms with Gasteiger partial charge in [-0.3, -0.25) is 9.59 Å². The average Bonchev–Trinajstić information content (AvgIpc) is 3.09. The number of carbonyl (C=O) groups is 3. The number of hydrogen-bond donors (Lipinski definition) is 3. The van der Waals surface area contributed by atoms with Crippen LogP contribution in [0.25, 0.3) is 0 Å². The second-order valence-corrected chi connectivity index (χ2v) is 8.90. The number of nitrogens with zero attached hydrogens (tertiary/aromatic N) is 3. The summed E-state index contributed by atoms with van der Waals surface area (Å²) in [5.74, 6) is -2.15. The summed E-state index contributed by atoms with van der Waals surface area (Å²) in [5.41, 5.74) is 5.70. The Balaban J connectivity index is 1.78. The molecule has 1 unspecified atom stereocenters. The van der Waals surface area contributed by atoms with Gasteiger partial charge in [-0.1, -0.05) is 5.16 Å². The van der Waals surface area contributed by atoms with E-state index in [1.54, 1.807) is 19.2 Å². The summed E-state index contributed by atoms with van der Waals surface area (Å²) in [6, 6.07) is -1.78. The van der Waals surface area contributed by atoms with Crippen molar-refractivity contribution in [1.29, 1.82) is 0 Å². The molecule has 0 spiro atoms. The van der Waals surface area contributed by atoms with Crippen molar-refractivity contribution in [3.8, 4) is 0 Å². The average molecular weight is 399 g/mol.